The van der Waals surface area contributed by atoms with E-state index in [4.69, 9.17) is 9.84 Å². The molecule has 2 N–H and O–H groups in total. The molecule has 8 nitrogen and oxygen atoms in total. The van der Waals surface area contributed by atoms with E-state index in [0.29, 0.717) is 11.4 Å². The highest BCUT2D eigenvalue weighted by Gasteiger charge is 2.24. The van der Waals surface area contributed by atoms with E-state index in [1.54, 1.807) is 12.1 Å². The van der Waals surface area contributed by atoms with Crippen LogP contribution in [0.4, 0.5) is 11.4 Å². The van der Waals surface area contributed by atoms with Gasteiger partial charge in [0, 0.05) is 13.7 Å². The summed E-state index contributed by atoms with van der Waals surface area (Å²) in [6.45, 7) is -0.140. The van der Waals surface area contributed by atoms with Crippen LogP contribution in [0.25, 0.3) is 0 Å². The molecule has 0 aliphatic carbocycles. The van der Waals surface area contributed by atoms with Crippen molar-refractivity contribution in [2.45, 2.75) is 17.4 Å². The fourth-order valence-corrected chi connectivity index (χ4v) is 3.54. The third kappa shape index (κ3) is 3.73. The van der Waals surface area contributed by atoms with Gasteiger partial charge in [-0.3, -0.25) is 4.79 Å². The Hall–Kier alpha value is -1.62. The van der Waals surface area contributed by atoms with E-state index in [0.717, 1.165) is 11.4 Å². The lowest BCUT2D eigenvalue weighted by atomic mass is 10.2. The normalized spacial score (nSPS) is 14.5. The molecule has 114 valence electrons. The molecule has 0 fully saturated rings. The third-order valence-electron chi connectivity index (χ3n) is 2.78. The van der Waals surface area contributed by atoms with Gasteiger partial charge in [0.25, 0.3) is 0 Å². The summed E-state index contributed by atoms with van der Waals surface area (Å²) in [5.41, 5.74) is 0.791. The topological polar surface area (TPSA) is 117 Å². The van der Waals surface area contributed by atoms with E-state index < -0.39 is 22.1 Å². The van der Waals surface area contributed by atoms with Gasteiger partial charge in [-0.2, -0.15) is 8.73 Å². The van der Waals surface area contributed by atoms with Crippen molar-refractivity contribution < 1.29 is 23.1 Å². The molecule has 0 saturated carbocycles. The largest absolute Gasteiger partial charge is 0.481 e. The predicted octanol–water partition coefficient (Wildman–Crippen LogP) is 1.18. The molecule has 1 aromatic carbocycles. The molecule has 1 heterocycles. The van der Waals surface area contributed by atoms with E-state index in [1.165, 1.54) is 13.2 Å². The number of nitrogens with one attached hydrogen (secondary N) is 1. The number of hydrogen-bond donors (Lipinski definition) is 2. The molecule has 1 aliphatic rings. The molecule has 2 rings (SSSR count). The SMILES string of the molecule is COC(CNS(=O)(=O)c1cccc2c1N=S=N2)CC(=O)O. The van der Waals surface area contributed by atoms with Crippen LogP contribution in [0, 0.1) is 0 Å². The van der Waals surface area contributed by atoms with Crippen LogP contribution in [0.2, 0.25) is 0 Å². The average molecular weight is 331 g/mol. The second kappa shape index (κ2) is 6.43. The van der Waals surface area contributed by atoms with Gasteiger partial charge in [-0.15, -0.1) is 0 Å². The Morgan fingerprint density at radius 2 is 2.24 bits per heavy atom. The Balaban J connectivity index is 2.15. The molecular formula is C11H13N3O5S2. The molecule has 1 unspecified atom stereocenters. The molecule has 0 radical (unpaired) electrons. The minimum atomic E-state index is -3.82. The maximum atomic E-state index is 12.3. The first-order valence-electron chi connectivity index (χ1n) is 5.89. The van der Waals surface area contributed by atoms with Crippen LogP contribution in [0.5, 0.6) is 0 Å². The van der Waals surface area contributed by atoms with Gasteiger partial charge < -0.3 is 9.84 Å². The lowest BCUT2D eigenvalue weighted by Crippen LogP contribution is -2.34. The molecule has 1 atom stereocenters. The number of rotatable bonds is 7. The minimum Gasteiger partial charge on any atom is -0.481 e. The molecule has 10 heteroatoms. The van der Waals surface area contributed by atoms with E-state index in [2.05, 4.69) is 13.4 Å². The van der Waals surface area contributed by atoms with Crippen LogP contribution in [0.3, 0.4) is 0 Å². The fourth-order valence-electron chi connectivity index (χ4n) is 1.71. The number of nitrogens with zero attached hydrogens (tertiary/aromatic N) is 2. The highest BCUT2D eigenvalue weighted by atomic mass is 32.2. The van der Waals surface area contributed by atoms with E-state index in [9.17, 15) is 13.2 Å². The highest BCUT2D eigenvalue weighted by molar-refractivity contribution is 7.89. The van der Waals surface area contributed by atoms with E-state index >= 15 is 0 Å². The monoisotopic (exact) mass is 331 g/mol. The van der Waals surface area contributed by atoms with E-state index in [-0.39, 0.29) is 17.9 Å². The number of hydrogen-bond acceptors (Lipinski definition) is 6. The average Bonchev–Trinajstić information content (AvgIpc) is 2.91. The third-order valence-corrected chi connectivity index (χ3v) is 4.77. The molecule has 0 amide bonds. The number of methoxy groups -OCH3 is 1. The first-order valence-corrected chi connectivity index (χ1v) is 8.11. The van der Waals surface area contributed by atoms with Crippen LogP contribution in [0.15, 0.2) is 31.8 Å². The molecule has 0 saturated heterocycles. The summed E-state index contributed by atoms with van der Waals surface area (Å²) in [7, 11) is -2.49. The van der Waals surface area contributed by atoms with E-state index in [1.807, 2.05) is 0 Å². The summed E-state index contributed by atoms with van der Waals surface area (Å²) in [6.07, 6.45) is -1.04. The molecular weight excluding hydrogens is 318 g/mol. The van der Waals surface area contributed by atoms with Gasteiger partial charge in [0.1, 0.15) is 16.3 Å². The molecule has 0 spiro atoms. The summed E-state index contributed by atoms with van der Waals surface area (Å²) in [4.78, 5) is 10.6. The van der Waals surface area contributed by atoms with Crippen LogP contribution in [0.1, 0.15) is 6.42 Å². The lowest BCUT2D eigenvalue weighted by molar-refractivity contribution is -0.139. The zero-order valence-electron chi connectivity index (χ0n) is 11.0. The van der Waals surface area contributed by atoms with Crippen molar-refractivity contribution in [1.29, 1.82) is 0 Å². The predicted molar refractivity (Wildman–Crippen MR) is 76.2 cm³/mol. The van der Waals surface area contributed by atoms with Crippen molar-refractivity contribution >= 4 is 38.7 Å². The van der Waals surface area contributed by atoms with Gasteiger partial charge in [0.05, 0.1) is 23.9 Å². The number of ether oxygens (including phenoxy) is 1. The van der Waals surface area contributed by atoms with Crippen molar-refractivity contribution in [1.82, 2.24) is 4.72 Å². The number of carbonyl (C=O) groups is 1. The number of aliphatic carboxylic acids is 1. The van der Waals surface area contributed by atoms with Gasteiger partial charge in [0.15, 0.2) is 0 Å². The van der Waals surface area contributed by atoms with Crippen molar-refractivity contribution in [3.05, 3.63) is 18.2 Å². The quantitative estimate of drug-likeness (QED) is 0.790. The van der Waals surface area contributed by atoms with Gasteiger partial charge >= 0.3 is 5.97 Å². The molecule has 0 aromatic heterocycles. The Morgan fingerprint density at radius 3 is 2.90 bits per heavy atom. The lowest BCUT2D eigenvalue weighted by Gasteiger charge is -2.14. The Bertz CT molecular complexity index is 725. The highest BCUT2D eigenvalue weighted by Crippen LogP contribution is 2.37. The Labute approximate surface area is 125 Å². The van der Waals surface area contributed by atoms with Crippen molar-refractivity contribution in [2.75, 3.05) is 13.7 Å². The van der Waals surface area contributed by atoms with Crippen LogP contribution >= 0.6 is 0 Å². The summed E-state index contributed by atoms with van der Waals surface area (Å²) in [6, 6.07) is 4.66. The number of carboxylic acids is 1. The van der Waals surface area contributed by atoms with Gasteiger partial charge in [-0.05, 0) is 12.1 Å². The second-order valence-electron chi connectivity index (χ2n) is 4.20. The Morgan fingerprint density at radius 1 is 1.48 bits per heavy atom. The molecule has 0 bridgehead atoms. The standard InChI is InChI=1S/C11H13N3O5S2/c1-19-7(5-10(15)16)6-12-21(17,18)9-4-2-3-8-11(9)14-20-13-8/h2-4,7,12H,5-6H2,1H3,(H,15,16). The van der Waals surface area contributed by atoms with Gasteiger partial charge in [-0.1, -0.05) is 6.07 Å². The van der Waals surface area contributed by atoms with Crippen LogP contribution in [-0.2, 0) is 30.9 Å². The summed E-state index contributed by atoms with van der Waals surface area (Å²) in [5.74, 6) is -1.06. The maximum Gasteiger partial charge on any atom is 0.306 e. The van der Waals surface area contributed by atoms with Gasteiger partial charge in [0.2, 0.25) is 10.0 Å². The zero-order chi connectivity index (χ0) is 15.5. The zero-order valence-corrected chi connectivity index (χ0v) is 12.6. The summed E-state index contributed by atoms with van der Waals surface area (Å²) < 4.78 is 39.8. The fraction of sp³-hybridized carbons (Fsp3) is 0.364. The number of benzene rings is 1. The smallest absolute Gasteiger partial charge is 0.306 e. The summed E-state index contributed by atoms with van der Waals surface area (Å²) >= 11 is 0.926. The number of fused-ring (bicyclic) bond motifs is 1. The first kappa shape index (κ1) is 15.8. The van der Waals surface area contributed by atoms with Crippen LogP contribution in [-0.4, -0.2) is 39.3 Å². The van der Waals surface area contributed by atoms with Crippen molar-refractivity contribution in [2.24, 2.45) is 8.73 Å². The maximum absolute atomic E-state index is 12.3. The molecule has 1 aromatic rings. The van der Waals surface area contributed by atoms with Crippen LogP contribution < -0.4 is 4.72 Å². The molecule has 1 aliphatic heterocycles. The Kier molecular flexibility index (Phi) is 4.83. The molecule has 21 heavy (non-hydrogen) atoms. The number of sulfonamides is 1. The van der Waals surface area contributed by atoms with Gasteiger partial charge in [-0.25, -0.2) is 13.1 Å². The number of carboxylic acid groups (broad SMARTS) is 1. The summed E-state index contributed by atoms with van der Waals surface area (Å²) in [5, 5.41) is 8.70. The minimum absolute atomic E-state index is 0.0129. The second-order valence-corrected chi connectivity index (χ2v) is 6.46. The van der Waals surface area contributed by atoms with Crippen molar-refractivity contribution in [3.8, 4) is 0 Å². The first-order chi connectivity index (χ1) is 9.94. The van der Waals surface area contributed by atoms with Crippen molar-refractivity contribution in [3.63, 3.8) is 0 Å².